The van der Waals surface area contributed by atoms with Crippen LogP contribution in [0.5, 0.6) is 0 Å². The van der Waals surface area contributed by atoms with Crippen molar-refractivity contribution in [2.45, 2.75) is 45.6 Å². The van der Waals surface area contributed by atoms with E-state index in [1.807, 2.05) is 38.0 Å². The Morgan fingerprint density at radius 3 is 2.50 bits per heavy atom. The van der Waals surface area contributed by atoms with Gasteiger partial charge >= 0.3 is 5.97 Å². The van der Waals surface area contributed by atoms with Crippen LogP contribution < -0.4 is 5.32 Å². The summed E-state index contributed by atoms with van der Waals surface area (Å²) < 4.78 is 5.96. The van der Waals surface area contributed by atoms with Gasteiger partial charge in [-0.2, -0.15) is 5.06 Å². The molecule has 0 saturated carbocycles. The number of amides is 1. The predicted molar refractivity (Wildman–Crippen MR) is 103 cm³/mol. The lowest BCUT2D eigenvalue weighted by atomic mass is 9.87. The number of carbonyl (C=O) groups is 2. The Bertz CT molecular complexity index is 670. The fraction of sp³-hybridized carbons (Fsp3) is 0.579. The van der Waals surface area contributed by atoms with Crippen LogP contribution in [-0.2, 0) is 25.6 Å². The van der Waals surface area contributed by atoms with Gasteiger partial charge in [0.15, 0.2) is 0 Å². The molecule has 1 amide bonds. The molecule has 6 nitrogen and oxygen atoms in total. The molecule has 0 radical (unpaired) electrons. The summed E-state index contributed by atoms with van der Waals surface area (Å²) in [6.07, 6.45) is 1.15. The Balaban J connectivity index is 2.13. The molecule has 7 heteroatoms. The molecule has 0 aromatic heterocycles. The second kappa shape index (κ2) is 8.97. The van der Waals surface area contributed by atoms with Gasteiger partial charge in [0.1, 0.15) is 5.54 Å². The van der Waals surface area contributed by atoms with E-state index in [-0.39, 0.29) is 12.3 Å². The summed E-state index contributed by atoms with van der Waals surface area (Å²) in [5.41, 5.74) is 2.08. The molecule has 0 bridgehead atoms. The first kappa shape index (κ1) is 20.9. The predicted octanol–water partition coefficient (Wildman–Crippen LogP) is 2.68. The first-order valence-electron chi connectivity index (χ1n) is 8.85. The molecule has 0 atom stereocenters. The molecule has 0 aliphatic carbocycles. The van der Waals surface area contributed by atoms with Gasteiger partial charge in [0.25, 0.3) is 0 Å². The summed E-state index contributed by atoms with van der Waals surface area (Å²) in [5.74, 6) is -0.575. The minimum atomic E-state index is -0.993. The van der Waals surface area contributed by atoms with E-state index >= 15 is 0 Å². The SMILES string of the molecule is CCON1CCC(NC(=O)Cc2c(C)ccc(Br)c2C)(C(=O)OC)CC1. The van der Waals surface area contributed by atoms with Gasteiger partial charge in [0.2, 0.25) is 5.91 Å². The molecular formula is C19H27BrN2O4. The summed E-state index contributed by atoms with van der Waals surface area (Å²) >= 11 is 3.51. The van der Waals surface area contributed by atoms with Crippen molar-refractivity contribution in [3.05, 3.63) is 33.3 Å². The largest absolute Gasteiger partial charge is 0.467 e. The van der Waals surface area contributed by atoms with E-state index in [9.17, 15) is 9.59 Å². The normalized spacial score (nSPS) is 17.0. The number of nitrogens with zero attached hydrogens (tertiary/aromatic N) is 1. The Kier molecular flexibility index (Phi) is 7.20. The van der Waals surface area contributed by atoms with E-state index in [0.29, 0.717) is 32.5 Å². The van der Waals surface area contributed by atoms with Crippen molar-refractivity contribution in [2.75, 3.05) is 26.8 Å². The van der Waals surface area contributed by atoms with E-state index in [0.717, 1.165) is 21.2 Å². The Morgan fingerprint density at radius 2 is 1.92 bits per heavy atom. The second-order valence-corrected chi connectivity index (χ2v) is 7.47. The van der Waals surface area contributed by atoms with Crippen molar-refractivity contribution < 1.29 is 19.2 Å². The van der Waals surface area contributed by atoms with Crippen molar-refractivity contribution in [2.24, 2.45) is 0 Å². The van der Waals surface area contributed by atoms with Crippen molar-refractivity contribution in [3.8, 4) is 0 Å². The number of aryl methyl sites for hydroxylation is 1. The zero-order valence-corrected chi connectivity index (χ0v) is 17.4. The van der Waals surface area contributed by atoms with Gasteiger partial charge in [-0.15, -0.1) is 0 Å². The summed E-state index contributed by atoms with van der Waals surface area (Å²) in [7, 11) is 1.35. The third-order valence-corrected chi connectivity index (χ3v) is 5.81. The third kappa shape index (κ3) is 4.64. The van der Waals surface area contributed by atoms with E-state index in [1.54, 1.807) is 0 Å². The number of rotatable bonds is 6. The number of nitrogens with one attached hydrogen (secondary N) is 1. The molecule has 144 valence electrons. The molecular weight excluding hydrogens is 400 g/mol. The van der Waals surface area contributed by atoms with Gasteiger partial charge in [0.05, 0.1) is 20.1 Å². The third-order valence-electron chi connectivity index (χ3n) is 4.95. The van der Waals surface area contributed by atoms with Crippen molar-refractivity contribution in [1.29, 1.82) is 0 Å². The molecule has 2 rings (SSSR count). The van der Waals surface area contributed by atoms with Crippen molar-refractivity contribution in [3.63, 3.8) is 0 Å². The number of halogens is 1. The number of benzene rings is 1. The number of carbonyl (C=O) groups excluding carboxylic acids is 2. The average molecular weight is 427 g/mol. The summed E-state index contributed by atoms with van der Waals surface area (Å²) in [6.45, 7) is 7.61. The molecule has 1 aromatic rings. The maximum Gasteiger partial charge on any atom is 0.331 e. The fourth-order valence-corrected chi connectivity index (χ4v) is 3.73. The van der Waals surface area contributed by atoms with Gasteiger partial charge in [-0.25, -0.2) is 4.79 Å². The zero-order chi connectivity index (χ0) is 19.3. The number of hydroxylamine groups is 2. The smallest absolute Gasteiger partial charge is 0.331 e. The van der Waals surface area contributed by atoms with Gasteiger partial charge in [0, 0.05) is 17.6 Å². The summed E-state index contributed by atoms with van der Waals surface area (Å²) in [5, 5.41) is 4.79. The molecule has 1 aromatic carbocycles. The van der Waals surface area contributed by atoms with E-state index < -0.39 is 11.5 Å². The number of piperidine rings is 1. The average Bonchev–Trinajstić information content (AvgIpc) is 2.63. The molecule has 0 spiro atoms. The quantitative estimate of drug-likeness (QED) is 0.708. The second-order valence-electron chi connectivity index (χ2n) is 6.61. The van der Waals surface area contributed by atoms with Gasteiger partial charge < -0.3 is 10.1 Å². The van der Waals surface area contributed by atoms with Crippen LogP contribution in [0.1, 0.15) is 36.5 Å². The Labute approximate surface area is 163 Å². The van der Waals surface area contributed by atoms with Crippen LogP contribution in [0.3, 0.4) is 0 Å². The standard InChI is InChI=1S/C19H27BrN2O4/c1-5-26-22-10-8-19(9-11-22,18(24)25-4)21-17(23)12-15-13(2)6-7-16(20)14(15)3/h6-7H,5,8-12H2,1-4H3,(H,21,23). The highest BCUT2D eigenvalue weighted by atomic mass is 79.9. The number of hydrogen-bond donors (Lipinski definition) is 1. The molecule has 0 unspecified atom stereocenters. The Morgan fingerprint density at radius 1 is 1.27 bits per heavy atom. The fourth-order valence-electron chi connectivity index (χ4n) is 3.36. The molecule has 1 heterocycles. The lowest BCUT2D eigenvalue weighted by Crippen LogP contribution is -2.60. The lowest BCUT2D eigenvalue weighted by Gasteiger charge is -2.39. The van der Waals surface area contributed by atoms with Crippen LogP contribution in [0, 0.1) is 13.8 Å². The summed E-state index contributed by atoms with van der Waals surface area (Å²) in [4.78, 5) is 30.7. The number of ether oxygens (including phenoxy) is 1. The summed E-state index contributed by atoms with van der Waals surface area (Å²) in [6, 6.07) is 3.96. The van der Waals surface area contributed by atoms with Crippen molar-refractivity contribution in [1.82, 2.24) is 10.4 Å². The number of esters is 1. The number of hydrogen-bond acceptors (Lipinski definition) is 5. The maximum atomic E-state index is 12.8. The van der Waals surface area contributed by atoms with E-state index in [2.05, 4.69) is 21.2 Å². The monoisotopic (exact) mass is 426 g/mol. The first-order valence-corrected chi connectivity index (χ1v) is 9.64. The van der Waals surface area contributed by atoms with Crippen LogP contribution in [0.4, 0.5) is 0 Å². The van der Waals surface area contributed by atoms with E-state index in [1.165, 1.54) is 7.11 Å². The molecule has 1 N–H and O–H groups in total. The van der Waals surface area contributed by atoms with Crippen LogP contribution in [0.15, 0.2) is 16.6 Å². The molecule has 1 aliphatic heterocycles. The van der Waals surface area contributed by atoms with Crippen LogP contribution in [-0.4, -0.2) is 49.3 Å². The minimum Gasteiger partial charge on any atom is -0.467 e. The topological polar surface area (TPSA) is 67.9 Å². The first-order chi connectivity index (χ1) is 12.3. The molecule has 26 heavy (non-hydrogen) atoms. The highest BCUT2D eigenvalue weighted by Gasteiger charge is 2.44. The van der Waals surface area contributed by atoms with Crippen LogP contribution in [0.2, 0.25) is 0 Å². The van der Waals surface area contributed by atoms with Crippen molar-refractivity contribution >= 4 is 27.8 Å². The van der Waals surface area contributed by atoms with Gasteiger partial charge in [-0.3, -0.25) is 9.63 Å². The highest BCUT2D eigenvalue weighted by molar-refractivity contribution is 9.10. The number of methoxy groups -OCH3 is 1. The van der Waals surface area contributed by atoms with Gasteiger partial charge in [-0.1, -0.05) is 22.0 Å². The van der Waals surface area contributed by atoms with Gasteiger partial charge in [-0.05, 0) is 56.4 Å². The minimum absolute atomic E-state index is 0.176. The Hall–Kier alpha value is -1.44. The zero-order valence-electron chi connectivity index (χ0n) is 15.9. The highest BCUT2D eigenvalue weighted by Crippen LogP contribution is 2.26. The van der Waals surface area contributed by atoms with Crippen LogP contribution in [0.25, 0.3) is 0 Å². The molecule has 1 saturated heterocycles. The van der Waals surface area contributed by atoms with Crippen LogP contribution >= 0.6 is 15.9 Å². The lowest BCUT2D eigenvalue weighted by molar-refractivity contribution is -0.183. The van der Waals surface area contributed by atoms with E-state index in [4.69, 9.17) is 9.57 Å². The molecule has 1 aliphatic rings. The molecule has 1 fully saturated rings. The maximum absolute atomic E-state index is 12.8.